The summed E-state index contributed by atoms with van der Waals surface area (Å²) in [4.78, 5) is 4.29. The molecular weight excluding hydrogens is 274 g/mol. The molecule has 5 nitrogen and oxygen atoms in total. The van der Waals surface area contributed by atoms with Gasteiger partial charge >= 0.3 is 0 Å². The van der Waals surface area contributed by atoms with Gasteiger partial charge in [-0.1, -0.05) is 18.2 Å². The van der Waals surface area contributed by atoms with E-state index in [1.165, 1.54) is 0 Å². The first kappa shape index (κ1) is 13.2. The summed E-state index contributed by atoms with van der Waals surface area (Å²) in [6.45, 7) is 0.642. The van der Waals surface area contributed by atoms with Gasteiger partial charge in [0.2, 0.25) is 5.95 Å². The van der Waals surface area contributed by atoms with Crippen molar-refractivity contribution in [3.63, 3.8) is 0 Å². The van der Waals surface area contributed by atoms with E-state index in [1.54, 1.807) is 6.20 Å². The molecular formula is C14H17N3O2S. The average molecular weight is 291 g/mol. The molecule has 1 aromatic heterocycles. The quantitative estimate of drug-likeness (QED) is 0.931. The molecule has 0 bridgehead atoms. The first-order valence-electron chi connectivity index (χ1n) is 6.67. The van der Waals surface area contributed by atoms with Crippen LogP contribution in [0, 0.1) is 5.92 Å². The van der Waals surface area contributed by atoms with Gasteiger partial charge in [0.15, 0.2) is 9.84 Å². The van der Waals surface area contributed by atoms with Crippen LogP contribution in [0.1, 0.15) is 6.42 Å². The molecule has 3 rings (SSSR count). The second-order valence-corrected chi connectivity index (χ2v) is 7.34. The van der Waals surface area contributed by atoms with Crippen molar-refractivity contribution in [1.82, 2.24) is 9.55 Å². The molecule has 2 aromatic rings. The lowest BCUT2D eigenvalue weighted by molar-refractivity contribution is 0.595. The maximum absolute atomic E-state index is 11.4. The number of hydrogen-bond donors (Lipinski definition) is 1. The third-order valence-electron chi connectivity index (χ3n) is 3.55. The van der Waals surface area contributed by atoms with Crippen molar-refractivity contribution in [2.45, 2.75) is 6.42 Å². The van der Waals surface area contributed by atoms with Crippen molar-refractivity contribution < 1.29 is 8.42 Å². The predicted octanol–water partition coefficient (Wildman–Crippen LogP) is 1.72. The number of rotatable bonds is 4. The molecule has 6 heteroatoms. The Balaban J connectivity index is 1.69. The van der Waals surface area contributed by atoms with Gasteiger partial charge in [-0.2, -0.15) is 0 Å². The van der Waals surface area contributed by atoms with Gasteiger partial charge in [-0.25, -0.2) is 13.4 Å². The molecule has 20 heavy (non-hydrogen) atoms. The highest BCUT2D eigenvalue weighted by Gasteiger charge is 2.27. The zero-order chi connectivity index (χ0) is 14.0. The summed E-state index contributed by atoms with van der Waals surface area (Å²) in [5, 5.41) is 3.26. The van der Waals surface area contributed by atoms with Gasteiger partial charge < -0.3 is 5.32 Å². The zero-order valence-corrected chi connectivity index (χ0v) is 11.9. The van der Waals surface area contributed by atoms with Crippen LogP contribution in [0.2, 0.25) is 0 Å². The Labute approximate surface area is 118 Å². The molecule has 2 heterocycles. The van der Waals surface area contributed by atoms with Crippen molar-refractivity contribution in [1.29, 1.82) is 0 Å². The lowest BCUT2D eigenvalue weighted by atomic mass is 10.1. The average Bonchev–Trinajstić information content (AvgIpc) is 3.03. The van der Waals surface area contributed by atoms with Gasteiger partial charge in [0, 0.05) is 24.6 Å². The number of aromatic nitrogens is 2. The number of hydrogen-bond acceptors (Lipinski definition) is 4. The molecule has 106 valence electrons. The van der Waals surface area contributed by atoms with Gasteiger partial charge in [-0.15, -0.1) is 0 Å². The van der Waals surface area contributed by atoms with Crippen LogP contribution in [0.3, 0.4) is 0 Å². The van der Waals surface area contributed by atoms with Crippen molar-refractivity contribution in [2.75, 3.05) is 23.4 Å². The minimum absolute atomic E-state index is 0.181. The minimum atomic E-state index is -2.82. The maximum atomic E-state index is 11.4. The molecule has 1 fully saturated rings. The van der Waals surface area contributed by atoms with Crippen LogP contribution in [0.4, 0.5) is 5.95 Å². The summed E-state index contributed by atoms with van der Waals surface area (Å²) in [5.41, 5.74) is 1.03. The fraction of sp³-hybridized carbons (Fsp3) is 0.357. The molecule has 0 spiro atoms. The molecule has 0 radical (unpaired) electrons. The third kappa shape index (κ3) is 2.85. The Hall–Kier alpha value is -1.82. The van der Waals surface area contributed by atoms with Gasteiger partial charge in [0.25, 0.3) is 0 Å². The van der Waals surface area contributed by atoms with Crippen LogP contribution in [-0.2, 0) is 9.84 Å². The first-order chi connectivity index (χ1) is 9.64. The smallest absolute Gasteiger partial charge is 0.207 e. The van der Waals surface area contributed by atoms with E-state index in [-0.39, 0.29) is 11.7 Å². The second kappa shape index (κ2) is 5.28. The molecule has 0 amide bonds. The van der Waals surface area contributed by atoms with Crippen molar-refractivity contribution >= 4 is 15.8 Å². The fourth-order valence-electron chi connectivity index (χ4n) is 2.50. The van der Waals surface area contributed by atoms with E-state index in [2.05, 4.69) is 10.3 Å². The number of nitrogens with zero attached hydrogens (tertiary/aromatic N) is 2. The van der Waals surface area contributed by atoms with Crippen LogP contribution in [0.25, 0.3) is 5.69 Å². The SMILES string of the molecule is O=S1(=O)CCC(CNc2nccn2-c2ccccc2)C1. The van der Waals surface area contributed by atoms with E-state index in [0.29, 0.717) is 12.3 Å². The van der Waals surface area contributed by atoms with Crippen molar-refractivity contribution in [3.8, 4) is 5.69 Å². The van der Waals surface area contributed by atoms with Crippen LogP contribution < -0.4 is 5.32 Å². The van der Waals surface area contributed by atoms with Crippen molar-refractivity contribution in [3.05, 3.63) is 42.7 Å². The van der Waals surface area contributed by atoms with E-state index >= 15 is 0 Å². The van der Waals surface area contributed by atoms with Gasteiger partial charge in [-0.3, -0.25) is 4.57 Å². The van der Waals surface area contributed by atoms with E-state index < -0.39 is 9.84 Å². The molecule has 1 N–H and O–H groups in total. The molecule has 0 aliphatic carbocycles. The molecule has 0 saturated carbocycles. The van der Waals surface area contributed by atoms with Crippen molar-refractivity contribution in [2.24, 2.45) is 5.92 Å². The molecule has 1 aliphatic rings. The van der Waals surface area contributed by atoms with E-state index in [1.807, 2.05) is 41.1 Å². The summed E-state index contributed by atoms with van der Waals surface area (Å²) in [6, 6.07) is 9.93. The standard InChI is InChI=1S/C14H17N3O2S/c18-20(19)9-6-12(11-20)10-16-14-15-7-8-17(14)13-4-2-1-3-5-13/h1-5,7-8,12H,6,9-11H2,(H,15,16). The Morgan fingerprint density at radius 2 is 2.10 bits per heavy atom. The number of imidazole rings is 1. The Morgan fingerprint density at radius 3 is 2.80 bits per heavy atom. The van der Waals surface area contributed by atoms with Crippen LogP contribution in [0.5, 0.6) is 0 Å². The highest BCUT2D eigenvalue weighted by molar-refractivity contribution is 7.91. The third-order valence-corrected chi connectivity index (χ3v) is 5.39. The lowest BCUT2D eigenvalue weighted by Crippen LogP contribution is -2.17. The highest BCUT2D eigenvalue weighted by atomic mass is 32.2. The monoisotopic (exact) mass is 291 g/mol. The topological polar surface area (TPSA) is 64.0 Å². The summed E-state index contributed by atoms with van der Waals surface area (Å²) in [5.74, 6) is 1.53. The minimum Gasteiger partial charge on any atom is -0.355 e. The summed E-state index contributed by atoms with van der Waals surface area (Å²) < 4.78 is 24.8. The maximum Gasteiger partial charge on any atom is 0.207 e. The van der Waals surface area contributed by atoms with Gasteiger partial charge in [0.1, 0.15) is 0 Å². The van der Waals surface area contributed by atoms with E-state index in [4.69, 9.17) is 0 Å². The van der Waals surface area contributed by atoms with Crippen LogP contribution >= 0.6 is 0 Å². The number of sulfone groups is 1. The fourth-order valence-corrected chi connectivity index (χ4v) is 4.36. The normalized spacial score (nSPS) is 20.9. The molecule has 1 unspecified atom stereocenters. The van der Waals surface area contributed by atoms with Crippen LogP contribution in [-0.4, -0.2) is 36.0 Å². The number of nitrogens with one attached hydrogen (secondary N) is 1. The highest BCUT2D eigenvalue weighted by Crippen LogP contribution is 2.20. The summed E-state index contributed by atoms with van der Waals surface area (Å²) >= 11 is 0. The Kier molecular flexibility index (Phi) is 3.48. The molecule has 1 aromatic carbocycles. The molecule has 1 saturated heterocycles. The summed E-state index contributed by atoms with van der Waals surface area (Å²) in [7, 11) is -2.82. The molecule has 1 atom stereocenters. The van der Waals surface area contributed by atoms with E-state index in [0.717, 1.165) is 18.1 Å². The van der Waals surface area contributed by atoms with E-state index in [9.17, 15) is 8.42 Å². The largest absolute Gasteiger partial charge is 0.355 e. The Morgan fingerprint density at radius 1 is 1.30 bits per heavy atom. The predicted molar refractivity (Wildman–Crippen MR) is 78.8 cm³/mol. The number of anilines is 1. The molecule has 1 aliphatic heterocycles. The summed E-state index contributed by atoms with van der Waals surface area (Å²) in [6.07, 6.45) is 4.37. The number of para-hydroxylation sites is 1. The number of benzene rings is 1. The lowest BCUT2D eigenvalue weighted by Gasteiger charge is -2.12. The first-order valence-corrected chi connectivity index (χ1v) is 8.49. The second-order valence-electron chi connectivity index (χ2n) is 5.11. The zero-order valence-electron chi connectivity index (χ0n) is 11.1. The Bertz CT molecular complexity index is 679. The van der Waals surface area contributed by atoms with Gasteiger partial charge in [-0.05, 0) is 24.5 Å². The van der Waals surface area contributed by atoms with Crippen LogP contribution in [0.15, 0.2) is 42.7 Å². The van der Waals surface area contributed by atoms with Gasteiger partial charge in [0.05, 0.1) is 11.5 Å².